The Morgan fingerprint density at radius 3 is 2.06 bits per heavy atom. The summed E-state index contributed by atoms with van der Waals surface area (Å²) in [5.74, 6) is -0.932. The fourth-order valence-corrected chi connectivity index (χ4v) is 2.38. The molecule has 1 heterocycles. The quantitative estimate of drug-likeness (QED) is 0.519. The van der Waals surface area contributed by atoms with Crippen LogP contribution in [0.5, 0.6) is 0 Å². The van der Waals surface area contributed by atoms with E-state index in [1.165, 1.54) is 49.8 Å². The Labute approximate surface area is 113 Å². The Kier molecular flexibility index (Phi) is 10.0. The van der Waals surface area contributed by atoms with E-state index in [1.54, 1.807) is 0 Å². The summed E-state index contributed by atoms with van der Waals surface area (Å²) in [6.45, 7) is 8.59. The normalized spacial score (nSPS) is 17.1. The first-order valence-corrected chi connectivity index (χ1v) is 7.57. The summed E-state index contributed by atoms with van der Waals surface area (Å²) in [6, 6.07) is 0. The van der Waals surface area contributed by atoms with Crippen LogP contribution in [0.4, 0.5) is 0 Å². The highest BCUT2D eigenvalue weighted by atomic mass is 16.4. The minimum Gasteiger partial charge on any atom is -0.550 e. The molecule has 18 heavy (non-hydrogen) atoms. The van der Waals surface area contributed by atoms with Crippen molar-refractivity contribution in [1.29, 1.82) is 0 Å². The third-order valence-corrected chi connectivity index (χ3v) is 3.68. The Morgan fingerprint density at radius 2 is 1.61 bits per heavy atom. The molecule has 3 nitrogen and oxygen atoms in total. The van der Waals surface area contributed by atoms with Gasteiger partial charge in [-0.25, -0.2) is 0 Å². The molecule has 1 aliphatic heterocycles. The van der Waals surface area contributed by atoms with Gasteiger partial charge >= 0.3 is 0 Å². The lowest BCUT2D eigenvalue weighted by molar-refractivity contribution is -0.897. The predicted octanol–water partition coefficient (Wildman–Crippen LogP) is 2.34. The summed E-state index contributed by atoms with van der Waals surface area (Å²) in [4.78, 5) is 9.76. The average molecular weight is 257 g/mol. The first-order chi connectivity index (χ1) is 8.54. The number of carboxylic acids is 1. The highest BCUT2D eigenvalue weighted by Gasteiger charge is 2.25. The highest BCUT2D eigenvalue weighted by molar-refractivity contribution is 5.63. The minimum atomic E-state index is -0.932. The third kappa shape index (κ3) is 9.46. The first kappa shape index (κ1) is 17.4. The van der Waals surface area contributed by atoms with Crippen molar-refractivity contribution in [3.05, 3.63) is 0 Å². The number of carbonyl (C=O) groups is 1. The second-order valence-electron chi connectivity index (χ2n) is 5.68. The van der Waals surface area contributed by atoms with Crippen LogP contribution < -0.4 is 5.11 Å². The molecule has 0 N–H and O–H groups in total. The number of carboxylic acid groups (broad SMARTS) is 1. The summed E-state index contributed by atoms with van der Waals surface area (Å²) >= 11 is 0. The lowest BCUT2D eigenvalue weighted by atomic mass is 10.2. The van der Waals surface area contributed by atoms with Gasteiger partial charge in [0.15, 0.2) is 0 Å². The molecule has 0 saturated carbocycles. The average Bonchev–Trinajstić information content (AvgIpc) is 2.75. The van der Waals surface area contributed by atoms with Gasteiger partial charge in [0.1, 0.15) is 0 Å². The van der Waals surface area contributed by atoms with Crippen LogP contribution in [0.25, 0.3) is 0 Å². The van der Waals surface area contributed by atoms with Crippen molar-refractivity contribution in [3.8, 4) is 0 Å². The zero-order chi connectivity index (χ0) is 13.9. The summed E-state index contributed by atoms with van der Waals surface area (Å²) < 4.78 is 1.36. The van der Waals surface area contributed by atoms with Crippen molar-refractivity contribution in [2.75, 3.05) is 26.7 Å². The summed E-state index contributed by atoms with van der Waals surface area (Å²) in [5, 5.41) is 9.76. The van der Waals surface area contributed by atoms with Gasteiger partial charge in [0.25, 0.3) is 0 Å². The largest absolute Gasteiger partial charge is 0.550 e. The van der Waals surface area contributed by atoms with Gasteiger partial charge in [-0.15, -0.1) is 0 Å². The Bertz CT molecular complexity index is 211. The zero-order valence-corrected chi connectivity index (χ0v) is 12.5. The van der Waals surface area contributed by atoms with Crippen LogP contribution in [0.3, 0.4) is 0 Å². The molecule has 3 heteroatoms. The third-order valence-electron chi connectivity index (χ3n) is 3.68. The van der Waals surface area contributed by atoms with Crippen molar-refractivity contribution in [3.63, 3.8) is 0 Å². The molecule has 0 aromatic heterocycles. The topological polar surface area (TPSA) is 40.1 Å². The smallest absolute Gasteiger partial charge is 0.0786 e. The number of likely N-dealkylation sites (tertiary alicyclic amines) is 1. The van der Waals surface area contributed by atoms with Crippen LogP contribution in [0.15, 0.2) is 0 Å². The van der Waals surface area contributed by atoms with Crippen molar-refractivity contribution in [2.45, 2.75) is 65.2 Å². The van der Waals surface area contributed by atoms with E-state index in [-0.39, 0.29) is 6.42 Å². The number of rotatable bonds is 7. The van der Waals surface area contributed by atoms with Gasteiger partial charge in [0.2, 0.25) is 0 Å². The highest BCUT2D eigenvalue weighted by Crippen LogP contribution is 2.16. The molecule has 0 atom stereocenters. The monoisotopic (exact) mass is 257 g/mol. The van der Waals surface area contributed by atoms with E-state index in [0.717, 1.165) is 19.3 Å². The Morgan fingerprint density at radius 1 is 1.06 bits per heavy atom. The molecule has 1 rings (SSSR count). The lowest BCUT2D eigenvalue weighted by Crippen LogP contribution is -2.41. The molecular weight excluding hydrogens is 226 g/mol. The molecule has 0 unspecified atom stereocenters. The van der Waals surface area contributed by atoms with Gasteiger partial charge in [-0.1, -0.05) is 33.1 Å². The van der Waals surface area contributed by atoms with Gasteiger partial charge in [-0.05, 0) is 19.3 Å². The molecule has 0 bridgehead atoms. The van der Waals surface area contributed by atoms with E-state index in [2.05, 4.69) is 14.0 Å². The second-order valence-corrected chi connectivity index (χ2v) is 5.68. The zero-order valence-electron chi connectivity index (χ0n) is 12.5. The number of nitrogens with zero attached hydrogens (tertiary/aromatic N) is 1. The number of quaternary nitrogens is 1. The number of carbonyl (C=O) groups excluding carboxylic acids is 1. The minimum absolute atomic E-state index is 0.216. The molecule has 0 aromatic rings. The molecule has 0 aliphatic carbocycles. The molecule has 1 fully saturated rings. The number of unbranched alkanes of at least 4 members (excludes halogenated alkanes) is 3. The molecule has 0 aromatic carbocycles. The summed E-state index contributed by atoms with van der Waals surface area (Å²) in [7, 11) is 2.41. The SMILES string of the molecule is CCCCCC(=O)[O-].CCCC[N+]1(C)CCCC1. The van der Waals surface area contributed by atoms with E-state index in [9.17, 15) is 9.90 Å². The maximum atomic E-state index is 9.76. The molecule has 0 radical (unpaired) electrons. The maximum Gasteiger partial charge on any atom is 0.0786 e. The summed E-state index contributed by atoms with van der Waals surface area (Å²) in [6.07, 6.45) is 8.72. The fourth-order valence-electron chi connectivity index (χ4n) is 2.38. The predicted molar refractivity (Wildman–Crippen MR) is 74.1 cm³/mol. The Balaban J connectivity index is 0.000000331. The maximum absolute atomic E-state index is 9.76. The number of hydrogen-bond acceptors (Lipinski definition) is 2. The molecular formula is C15H31NO2. The molecule has 0 amide bonds. The van der Waals surface area contributed by atoms with E-state index in [1.807, 2.05) is 6.92 Å². The Hall–Kier alpha value is -0.570. The standard InChI is InChI=1S/C9H20N.C6H12O2/c1-3-4-7-10(2)8-5-6-9-10;1-2-3-4-5-6(7)8/h3-9H2,1-2H3;2-5H2,1H3,(H,7,8)/q+1;/p-1. The van der Waals surface area contributed by atoms with Gasteiger partial charge in [0, 0.05) is 18.8 Å². The van der Waals surface area contributed by atoms with Crippen LogP contribution in [-0.2, 0) is 4.79 Å². The van der Waals surface area contributed by atoms with Crippen LogP contribution in [0.2, 0.25) is 0 Å². The number of aliphatic carboxylic acids is 1. The van der Waals surface area contributed by atoms with Crippen molar-refractivity contribution >= 4 is 5.97 Å². The van der Waals surface area contributed by atoms with Crippen LogP contribution in [0, 0.1) is 0 Å². The van der Waals surface area contributed by atoms with E-state index in [0.29, 0.717) is 0 Å². The summed E-state index contributed by atoms with van der Waals surface area (Å²) in [5.41, 5.74) is 0. The van der Waals surface area contributed by atoms with Crippen LogP contribution >= 0.6 is 0 Å². The lowest BCUT2D eigenvalue weighted by Gasteiger charge is -2.28. The van der Waals surface area contributed by atoms with Gasteiger partial charge in [-0.2, -0.15) is 0 Å². The van der Waals surface area contributed by atoms with Crippen LogP contribution in [-0.4, -0.2) is 37.1 Å². The van der Waals surface area contributed by atoms with Crippen molar-refractivity contribution in [1.82, 2.24) is 0 Å². The first-order valence-electron chi connectivity index (χ1n) is 7.57. The molecule has 108 valence electrons. The molecule has 1 saturated heterocycles. The van der Waals surface area contributed by atoms with E-state index < -0.39 is 5.97 Å². The number of hydrogen-bond donors (Lipinski definition) is 0. The van der Waals surface area contributed by atoms with Gasteiger partial charge in [-0.3, -0.25) is 0 Å². The van der Waals surface area contributed by atoms with E-state index >= 15 is 0 Å². The van der Waals surface area contributed by atoms with Gasteiger partial charge in [0.05, 0.1) is 26.7 Å². The van der Waals surface area contributed by atoms with Crippen molar-refractivity contribution in [2.24, 2.45) is 0 Å². The second kappa shape index (κ2) is 10.4. The van der Waals surface area contributed by atoms with Crippen molar-refractivity contribution < 1.29 is 14.4 Å². The molecule has 0 spiro atoms. The van der Waals surface area contributed by atoms with Crippen LogP contribution in [0.1, 0.15) is 65.2 Å². The fraction of sp³-hybridized carbons (Fsp3) is 0.933. The van der Waals surface area contributed by atoms with E-state index in [4.69, 9.17) is 0 Å². The molecule has 1 aliphatic rings. The van der Waals surface area contributed by atoms with Gasteiger partial charge < -0.3 is 14.4 Å².